The van der Waals surface area contributed by atoms with Crippen LogP contribution < -0.4 is 5.73 Å². The van der Waals surface area contributed by atoms with E-state index >= 15 is 0 Å². The van der Waals surface area contributed by atoms with E-state index < -0.39 is 0 Å². The van der Waals surface area contributed by atoms with Crippen molar-refractivity contribution >= 4 is 11.7 Å². The molecule has 92 valence electrons. The van der Waals surface area contributed by atoms with Crippen molar-refractivity contribution in [2.75, 3.05) is 13.1 Å². The molecule has 3 N–H and O–H groups in total. The summed E-state index contributed by atoms with van der Waals surface area (Å²) < 4.78 is 4.88. The number of rotatable bonds is 2. The summed E-state index contributed by atoms with van der Waals surface area (Å²) in [4.78, 5) is 13.7. The predicted octanol–water partition coefficient (Wildman–Crippen LogP) is 0.878. The molecule has 1 aromatic heterocycles. The number of hydrogen-bond acceptors (Lipinski definition) is 4. The SMILES string of the molecule is NC(=NO)C1CCN(C(=O)c2ccoc2)CC1. The first-order valence-electron chi connectivity index (χ1n) is 5.51. The molecule has 0 spiro atoms. The zero-order valence-electron chi connectivity index (χ0n) is 9.37. The Bertz CT molecular complexity index is 406. The van der Waals surface area contributed by atoms with Gasteiger partial charge in [0, 0.05) is 19.0 Å². The molecule has 0 unspecified atom stereocenters. The quantitative estimate of drug-likeness (QED) is 0.345. The maximum Gasteiger partial charge on any atom is 0.257 e. The molecule has 1 fully saturated rings. The van der Waals surface area contributed by atoms with E-state index in [1.165, 1.54) is 12.5 Å². The third-order valence-corrected chi connectivity index (χ3v) is 3.08. The van der Waals surface area contributed by atoms with Crippen LogP contribution in [0.2, 0.25) is 0 Å². The van der Waals surface area contributed by atoms with E-state index in [-0.39, 0.29) is 17.7 Å². The van der Waals surface area contributed by atoms with Crippen molar-refractivity contribution in [1.29, 1.82) is 0 Å². The Morgan fingerprint density at radius 2 is 2.24 bits per heavy atom. The van der Waals surface area contributed by atoms with Crippen LogP contribution in [-0.4, -0.2) is 34.9 Å². The Morgan fingerprint density at radius 3 is 2.76 bits per heavy atom. The predicted molar refractivity (Wildman–Crippen MR) is 60.7 cm³/mol. The van der Waals surface area contributed by atoms with Gasteiger partial charge in [-0.25, -0.2) is 0 Å². The largest absolute Gasteiger partial charge is 0.472 e. The van der Waals surface area contributed by atoms with Gasteiger partial charge in [-0.1, -0.05) is 5.16 Å². The molecule has 1 saturated heterocycles. The van der Waals surface area contributed by atoms with Gasteiger partial charge in [0.2, 0.25) is 0 Å². The average Bonchev–Trinajstić information content (AvgIpc) is 2.91. The van der Waals surface area contributed by atoms with Crippen LogP contribution in [0.5, 0.6) is 0 Å². The van der Waals surface area contributed by atoms with Gasteiger partial charge in [-0.2, -0.15) is 0 Å². The summed E-state index contributed by atoms with van der Waals surface area (Å²) in [5, 5.41) is 11.6. The molecular formula is C11H15N3O3. The van der Waals surface area contributed by atoms with Crippen LogP contribution in [0, 0.1) is 5.92 Å². The van der Waals surface area contributed by atoms with Crippen LogP contribution in [0.3, 0.4) is 0 Å². The minimum absolute atomic E-state index is 0.0308. The summed E-state index contributed by atoms with van der Waals surface area (Å²) in [7, 11) is 0. The fraction of sp³-hybridized carbons (Fsp3) is 0.455. The summed E-state index contributed by atoms with van der Waals surface area (Å²) in [5.74, 6) is 0.283. The number of piperidine rings is 1. The van der Waals surface area contributed by atoms with Crippen molar-refractivity contribution in [1.82, 2.24) is 4.90 Å². The number of amides is 1. The molecule has 1 aliphatic rings. The van der Waals surface area contributed by atoms with Crippen LogP contribution in [0.25, 0.3) is 0 Å². The molecule has 0 aromatic carbocycles. The van der Waals surface area contributed by atoms with E-state index in [0.717, 1.165) is 12.8 Å². The lowest BCUT2D eigenvalue weighted by molar-refractivity contribution is 0.0708. The highest BCUT2D eigenvalue weighted by Crippen LogP contribution is 2.19. The first kappa shape index (κ1) is 11.5. The van der Waals surface area contributed by atoms with Crippen LogP contribution in [0.15, 0.2) is 28.2 Å². The highest BCUT2D eigenvalue weighted by Gasteiger charge is 2.26. The number of amidine groups is 1. The lowest BCUT2D eigenvalue weighted by atomic mass is 9.95. The van der Waals surface area contributed by atoms with Gasteiger partial charge < -0.3 is 20.3 Å². The van der Waals surface area contributed by atoms with Crippen molar-refractivity contribution in [2.24, 2.45) is 16.8 Å². The third-order valence-electron chi connectivity index (χ3n) is 3.08. The van der Waals surface area contributed by atoms with E-state index in [9.17, 15) is 4.79 Å². The summed E-state index contributed by atoms with van der Waals surface area (Å²) >= 11 is 0. The molecule has 2 heterocycles. The monoisotopic (exact) mass is 237 g/mol. The number of nitrogens with zero attached hydrogens (tertiary/aromatic N) is 2. The topological polar surface area (TPSA) is 92.1 Å². The summed E-state index contributed by atoms with van der Waals surface area (Å²) in [6, 6.07) is 1.65. The Morgan fingerprint density at radius 1 is 1.53 bits per heavy atom. The third kappa shape index (κ3) is 2.41. The molecular weight excluding hydrogens is 222 g/mol. The lowest BCUT2D eigenvalue weighted by Crippen LogP contribution is -2.41. The number of nitrogens with two attached hydrogens (primary N) is 1. The van der Waals surface area contributed by atoms with Gasteiger partial charge in [-0.15, -0.1) is 0 Å². The molecule has 0 atom stereocenters. The first-order chi connectivity index (χ1) is 8.22. The number of carbonyl (C=O) groups excluding carboxylic acids is 1. The highest BCUT2D eigenvalue weighted by atomic mass is 16.4. The molecule has 0 aliphatic carbocycles. The smallest absolute Gasteiger partial charge is 0.257 e. The standard InChI is InChI=1S/C11H15N3O3/c12-10(13-16)8-1-4-14(5-2-8)11(15)9-3-6-17-7-9/h3,6-8,16H,1-2,4-5H2,(H2,12,13). The molecule has 6 nitrogen and oxygen atoms in total. The minimum Gasteiger partial charge on any atom is -0.472 e. The summed E-state index contributed by atoms with van der Waals surface area (Å²) in [5.41, 5.74) is 6.11. The van der Waals surface area contributed by atoms with Crippen molar-refractivity contribution < 1.29 is 14.4 Å². The summed E-state index contributed by atoms with van der Waals surface area (Å²) in [6.45, 7) is 1.23. The van der Waals surface area contributed by atoms with E-state index in [2.05, 4.69) is 5.16 Å². The number of furan rings is 1. The molecule has 1 aromatic rings. The van der Waals surface area contributed by atoms with Crippen molar-refractivity contribution in [2.45, 2.75) is 12.8 Å². The van der Waals surface area contributed by atoms with Gasteiger partial charge in [0.15, 0.2) is 0 Å². The van der Waals surface area contributed by atoms with Crippen molar-refractivity contribution in [3.63, 3.8) is 0 Å². The Balaban J connectivity index is 1.93. The second kappa shape index (κ2) is 4.90. The zero-order valence-corrected chi connectivity index (χ0v) is 9.37. The van der Waals surface area contributed by atoms with Crippen molar-refractivity contribution in [3.8, 4) is 0 Å². The summed E-state index contributed by atoms with van der Waals surface area (Å²) in [6.07, 6.45) is 4.37. The van der Waals surface area contributed by atoms with Gasteiger partial charge in [-0.05, 0) is 18.9 Å². The van der Waals surface area contributed by atoms with E-state index in [1.54, 1.807) is 11.0 Å². The van der Waals surface area contributed by atoms with E-state index in [0.29, 0.717) is 18.7 Å². The van der Waals surface area contributed by atoms with Gasteiger partial charge in [0.25, 0.3) is 5.91 Å². The molecule has 1 aliphatic heterocycles. The van der Waals surface area contributed by atoms with Gasteiger partial charge >= 0.3 is 0 Å². The Kier molecular flexibility index (Phi) is 3.32. The Hall–Kier alpha value is -1.98. The molecule has 0 saturated carbocycles. The maximum atomic E-state index is 12.0. The van der Waals surface area contributed by atoms with Crippen LogP contribution >= 0.6 is 0 Å². The first-order valence-corrected chi connectivity index (χ1v) is 5.51. The lowest BCUT2D eigenvalue weighted by Gasteiger charge is -2.31. The number of likely N-dealkylation sites (tertiary alicyclic amines) is 1. The van der Waals surface area contributed by atoms with Crippen molar-refractivity contribution in [3.05, 3.63) is 24.2 Å². The molecule has 1 amide bonds. The molecule has 2 rings (SSSR count). The number of carbonyl (C=O) groups is 1. The van der Waals surface area contributed by atoms with Crippen LogP contribution in [-0.2, 0) is 0 Å². The fourth-order valence-corrected chi connectivity index (χ4v) is 2.03. The molecule has 0 bridgehead atoms. The number of oxime groups is 1. The normalized spacial score (nSPS) is 18.4. The number of hydrogen-bond donors (Lipinski definition) is 2. The van der Waals surface area contributed by atoms with Crippen LogP contribution in [0.1, 0.15) is 23.2 Å². The van der Waals surface area contributed by atoms with E-state index in [4.69, 9.17) is 15.4 Å². The second-order valence-corrected chi connectivity index (χ2v) is 4.10. The van der Waals surface area contributed by atoms with Gasteiger partial charge in [0.1, 0.15) is 12.1 Å². The molecule has 0 radical (unpaired) electrons. The highest BCUT2D eigenvalue weighted by molar-refractivity contribution is 5.94. The minimum atomic E-state index is -0.0308. The van der Waals surface area contributed by atoms with E-state index in [1.807, 2.05) is 0 Å². The maximum absolute atomic E-state index is 12.0. The van der Waals surface area contributed by atoms with Crippen LogP contribution in [0.4, 0.5) is 0 Å². The Labute approximate surface area is 98.7 Å². The van der Waals surface area contributed by atoms with Gasteiger partial charge in [0.05, 0.1) is 11.8 Å². The van der Waals surface area contributed by atoms with Gasteiger partial charge in [-0.3, -0.25) is 4.79 Å². The zero-order chi connectivity index (χ0) is 12.3. The molecule has 17 heavy (non-hydrogen) atoms. The average molecular weight is 237 g/mol. The fourth-order valence-electron chi connectivity index (χ4n) is 2.03. The second-order valence-electron chi connectivity index (χ2n) is 4.10. The molecule has 6 heteroatoms.